The molecule has 6 heteroatoms. The first-order valence-electron chi connectivity index (χ1n) is 6.88. The Morgan fingerprint density at radius 1 is 1.30 bits per heavy atom. The number of carbonyl (C=O) groups is 1. The fraction of sp³-hybridized carbons (Fsp3) is 0.0588. The standard InChI is InChI=1S/C17H13N3O2S/c1-11-5-6-15(17-16(11)13(8-18)9-19-17)20-23(22)14-4-2-3-12(7-14)10-21/h2-7,9-10,19-20H,1H3. The number of aldehydes is 1. The predicted octanol–water partition coefficient (Wildman–Crippen LogP) is 3.30. The van der Waals surface area contributed by atoms with E-state index in [-0.39, 0.29) is 0 Å². The molecule has 0 fully saturated rings. The van der Waals surface area contributed by atoms with E-state index in [0.717, 1.165) is 22.8 Å². The Morgan fingerprint density at radius 2 is 2.13 bits per heavy atom. The smallest absolute Gasteiger partial charge is 0.150 e. The first-order valence-corrected chi connectivity index (χ1v) is 8.03. The van der Waals surface area contributed by atoms with Crippen LogP contribution in [-0.2, 0) is 11.0 Å². The lowest BCUT2D eigenvalue weighted by atomic mass is 10.1. The topological polar surface area (TPSA) is 85.8 Å². The molecule has 0 aliphatic rings. The SMILES string of the molecule is Cc1ccc(NS(=O)c2cccc(C=O)c2)c2[nH]cc(C#N)c12. The summed E-state index contributed by atoms with van der Waals surface area (Å²) in [5, 5.41) is 9.99. The minimum Gasteiger partial charge on any atom is -0.358 e. The number of carbonyl (C=O) groups excluding carboxylic acids is 1. The van der Waals surface area contributed by atoms with Crippen molar-refractivity contribution in [2.24, 2.45) is 0 Å². The Bertz CT molecular complexity index is 970. The van der Waals surface area contributed by atoms with E-state index in [1.807, 2.05) is 19.1 Å². The number of aromatic nitrogens is 1. The highest BCUT2D eigenvalue weighted by Crippen LogP contribution is 2.29. The van der Waals surface area contributed by atoms with E-state index in [1.165, 1.54) is 0 Å². The van der Waals surface area contributed by atoms with Gasteiger partial charge in [0.2, 0.25) is 0 Å². The second-order valence-electron chi connectivity index (χ2n) is 5.06. The Labute approximate surface area is 135 Å². The molecule has 0 bridgehead atoms. The van der Waals surface area contributed by atoms with Crippen molar-refractivity contribution in [1.29, 1.82) is 5.26 Å². The lowest BCUT2D eigenvalue weighted by molar-refractivity contribution is 0.112. The molecule has 0 aliphatic carbocycles. The summed E-state index contributed by atoms with van der Waals surface area (Å²) >= 11 is 0. The third kappa shape index (κ3) is 2.74. The zero-order valence-corrected chi connectivity index (χ0v) is 13.1. The number of nitrogens with one attached hydrogen (secondary N) is 2. The van der Waals surface area contributed by atoms with Crippen molar-refractivity contribution in [1.82, 2.24) is 4.98 Å². The van der Waals surface area contributed by atoms with Crippen LogP contribution in [0.25, 0.3) is 10.9 Å². The molecular weight excluding hydrogens is 310 g/mol. The molecule has 0 amide bonds. The minimum atomic E-state index is -1.51. The summed E-state index contributed by atoms with van der Waals surface area (Å²) in [6.45, 7) is 1.92. The number of rotatable bonds is 4. The highest BCUT2D eigenvalue weighted by atomic mass is 32.2. The first-order chi connectivity index (χ1) is 11.1. The Morgan fingerprint density at radius 3 is 2.87 bits per heavy atom. The minimum absolute atomic E-state index is 0.471. The van der Waals surface area contributed by atoms with Crippen LogP contribution >= 0.6 is 0 Å². The van der Waals surface area contributed by atoms with Crippen LogP contribution in [0.1, 0.15) is 21.5 Å². The maximum absolute atomic E-state index is 12.5. The van der Waals surface area contributed by atoms with Crippen molar-refractivity contribution in [2.75, 3.05) is 4.72 Å². The Balaban J connectivity index is 2.00. The van der Waals surface area contributed by atoms with Gasteiger partial charge in [-0.15, -0.1) is 0 Å². The van der Waals surface area contributed by atoms with E-state index < -0.39 is 11.0 Å². The third-order valence-electron chi connectivity index (χ3n) is 3.58. The quantitative estimate of drug-likeness (QED) is 0.722. The van der Waals surface area contributed by atoms with Gasteiger partial charge in [-0.2, -0.15) is 5.26 Å². The number of hydrogen-bond donors (Lipinski definition) is 2. The second-order valence-corrected chi connectivity index (χ2v) is 6.27. The van der Waals surface area contributed by atoms with Crippen LogP contribution in [0.4, 0.5) is 5.69 Å². The first kappa shape index (κ1) is 15.0. The van der Waals surface area contributed by atoms with Crippen molar-refractivity contribution in [2.45, 2.75) is 11.8 Å². The molecule has 23 heavy (non-hydrogen) atoms. The van der Waals surface area contributed by atoms with Gasteiger partial charge in [-0.25, -0.2) is 4.21 Å². The Hall–Kier alpha value is -2.91. The largest absolute Gasteiger partial charge is 0.358 e. The molecule has 0 saturated carbocycles. The molecule has 0 saturated heterocycles. The number of nitrogens with zero attached hydrogens (tertiary/aromatic N) is 1. The molecule has 1 unspecified atom stereocenters. The number of aromatic amines is 1. The summed E-state index contributed by atoms with van der Waals surface area (Å²) in [4.78, 5) is 14.4. The van der Waals surface area contributed by atoms with Crippen LogP contribution in [0, 0.1) is 18.3 Å². The van der Waals surface area contributed by atoms with Crippen LogP contribution < -0.4 is 4.72 Å². The zero-order valence-electron chi connectivity index (χ0n) is 12.3. The summed E-state index contributed by atoms with van der Waals surface area (Å²) in [5.74, 6) is 0. The summed E-state index contributed by atoms with van der Waals surface area (Å²) in [7, 11) is -1.51. The van der Waals surface area contributed by atoms with Crippen molar-refractivity contribution in [3.05, 3.63) is 59.3 Å². The van der Waals surface area contributed by atoms with Gasteiger partial charge in [0.15, 0.2) is 0 Å². The predicted molar refractivity (Wildman–Crippen MR) is 89.6 cm³/mol. The molecule has 1 atom stereocenters. The number of H-pyrrole nitrogens is 1. The maximum atomic E-state index is 12.5. The van der Waals surface area contributed by atoms with Crippen LogP contribution in [-0.4, -0.2) is 15.5 Å². The number of nitriles is 1. The van der Waals surface area contributed by atoms with E-state index in [4.69, 9.17) is 0 Å². The lowest BCUT2D eigenvalue weighted by Crippen LogP contribution is -2.05. The van der Waals surface area contributed by atoms with Gasteiger partial charge in [-0.05, 0) is 30.7 Å². The molecule has 1 aromatic heterocycles. The summed E-state index contributed by atoms with van der Waals surface area (Å²) < 4.78 is 15.4. The molecule has 1 heterocycles. The monoisotopic (exact) mass is 323 g/mol. The maximum Gasteiger partial charge on any atom is 0.150 e. The van der Waals surface area contributed by atoms with Gasteiger partial charge in [-0.1, -0.05) is 18.2 Å². The fourth-order valence-corrected chi connectivity index (χ4v) is 3.39. The molecule has 2 N–H and O–H groups in total. The highest BCUT2D eigenvalue weighted by molar-refractivity contribution is 7.86. The van der Waals surface area contributed by atoms with E-state index in [9.17, 15) is 14.3 Å². The normalized spacial score (nSPS) is 11.8. The molecule has 114 valence electrons. The van der Waals surface area contributed by atoms with Crippen LogP contribution in [0.2, 0.25) is 0 Å². The summed E-state index contributed by atoms with van der Waals surface area (Å²) in [5.41, 5.74) is 3.37. The summed E-state index contributed by atoms with van der Waals surface area (Å²) in [6, 6.07) is 12.4. The molecule has 3 aromatic rings. The average molecular weight is 323 g/mol. The number of aryl methyl sites for hydroxylation is 1. The molecule has 5 nitrogen and oxygen atoms in total. The number of anilines is 1. The molecule has 0 radical (unpaired) electrons. The van der Waals surface area contributed by atoms with Crippen molar-refractivity contribution in [3.63, 3.8) is 0 Å². The molecule has 3 rings (SSSR count). The van der Waals surface area contributed by atoms with E-state index >= 15 is 0 Å². The lowest BCUT2D eigenvalue weighted by Gasteiger charge is -2.09. The van der Waals surface area contributed by atoms with E-state index in [1.54, 1.807) is 30.5 Å². The fourth-order valence-electron chi connectivity index (χ4n) is 2.46. The zero-order chi connectivity index (χ0) is 16.4. The average Bonchev–Trinajstić information content (AvgIpc) is 3.02. The third-order valence-corrected chi connectivity index (χ3v) is 4.66. The van der Waals surface area contributed by atoms with Gasteiger partial charge in [0.05, 0.1) is 21.7 Å². The van der Waals surface area contributed by atoms with Gasteiger partial charge in [0.25, 0.3) is 0 Å². The van der Waals surface area contributed by atoms with Crippen molar-refractivity contribution in [3.8, 4) is 6.07 Å². The van der Waals surface area contributed by atoms with Crippen LogP contribution in [0.5, 0.6) is 0 Å². The van der Waals surface area contributed by atoms with Gasteiger partial charge in [0.1, 0.15) is 23.3 Å². The van der Waals surface area contributed by atoms with Gasteiger partial charge < -0.3 is 4.98 Å². The Kier molecular flexibility index (Phi) is 3.96. The van der Waals surface area contributed by atoms with E-state index in [2.05, 4.69) is 15.8 Å². The second kappa shape index (κ2) is 6.07. The van der Waals surface area contributed by atoms with Crippen molar-refractivity contribution < 1.29 is 9.00 Å². The van der Waals surface area contributed by atoms with Gasteiger partial charge in [-0.3, -0.25) is 9.52 Å². The summed E-state index contributed by atoms with van der Waals surface area (Å²) in [6.07, 6.45) is 2.35. The molecule has 0 aliphatic heterocycles. The van der Waals surface area contributed by atoms with Crippen LogP contribution in [0.15, 0.2) is 47.5 Å². The molecule has 2 aromatic carbocycles. The molecular formula is C17H13N3O2S. The van der Waals surface area contributed by atoms with Crippen molar-refractivity contribution >= 4 is 33.9 Å². The molecule has 0 spiro atoms. The van der Waals surface area contributed by atoms with Gasteiger partial charge >= 0.3 is 0 Å². The number of benzene rings is 2. The van der Waals surface area contributed by atoms with Gasteiger partial charge in [0, 0.05) is 17.1 Å². The highest BCUT2D eigenvalue weighted by Gasteiger charge is 2.12. The number of fused-ring (bicyclic) bond motifs is 1. The van der Waals surface area contributed by atoms with Crippen LogP contribution in [0.3, 0.4) is 0 Å². The van der Waals surface area contributed by atoms with E-state index in [0.29, 0.717) is 21.7 Å². The number of hydrogen-bond acceptors (Lipinski definition) is 3.